The average Bonchev–Trinajstić information content (AvgIpc) is 3.05. The quantitative estimate of drug-likeness (QED) is 0.734. The summed E-state index contributed by atoms with van der Waals surface area (Å²) in [6, 6.07) is 12.4. The Bertz CT molecular complexity index is 726. The van der Waals surface area contributed by atoms with Gasteiger partial charge in [0, 0.05) is 18.5 Å². The van der Waals surface area contributed by atoms with E-state index in [4.69, 9.17) is 5.10 Å². The van der Waals surface area contributed by atoms with Crippen LogP contribution in [0.4, 0.5) is 5.82 Å². The molecule has 0 amide bonds. The van der Waals surface area contributed by atoms with Crippen LogP contribution in [0.3, 0.4) is 0 Å². The summed E-state index contributed by atoms with van der Waals surface area (Å²) in [5.74, 6) is 2.76. The average molecular weight is 293 g/mol. The number of aromatic nitrogens is 4. The highest BCUT2D eigenvalue weighted by Crippen LogP contribution is 2.33. The summed E-state index contributed by atoms with van der Waals surface area (Å²) in [6.45, 7) is 0.661. The van der Waals surface area contributed by atoms with E-state index >= 15 is 0 Å². The fourth-order valence-corrected chi connectivity index (χ4v) is 2.61. The Balaban J connectivity index is 1.60. The van der Waals surface area contributed by atoms with Crippen LogP contribution in [0, 0.1) is 5.92 Å². The minimum atomic E-state index is 0.661. The number of rotatable bonds is 6. The van der Waals surface area contributed by atoms with Crippen molar-refractivity contribution in [1.82, 2.24) is 19.7 Å². The lowest BCUT2D eigenvalue weighted by atomic mass is 10.2. The standard InChI is InChI=1S/C17H19N5/c1-2-4-15(5-3-1)22-17(20-12-16-18-8-9-19-16)11-14(21-22)10-13-6-7-13/h1-5,8-9,11,13,20H,6-7,10,12H2,(H,18,19). The lowest BCUT2D eigenvalue weighted by Crippen LogP contribution is -2.07. The zero-order valence-corrected chi connectivity index (χ0v) is 12.4. The second-order valence-corrected chi connectivity index (χ2v) is 5.81. The maximum atomic E-state index is 4.78. The number of H-pyrrole nitrogens is 1. The second-order valence-electron chi connectivity index (χ2n) is 5.81. The summed E-state index contributed by atoms with van der Waals surface area (Å²) in [6.07, 6.45) is 7.37. The molecule has 2 heterocycles. The topological polar surface area (TPSA) is 58.5 Å². The molecule has 2 aromatic heterocycles. The summed E-state index contributed by atoms with van der Waals surface area (Å²) >= 11 is 0. The van der Waals surface area contributed by atoms with Crippen molar-refractivity contribution in [2.24, 2.45) is 5.92 Å². The van der Waals surface area contributed by atoms with Crippen molar-refractivity contribution in [3.63, 3.8) is 0 Å². The minimum Gasteiger partial charge on any atom is -0.363 e. The Morgan fingerprint density at radius 2 is 2.09 bits per heavy atom. The lowest BCUT2D eigenvalue weighted by Gasteiger charge is -2.08. The maximum Gasteiger partial charge on any atom is 0.130 e. The SMILES string of the molecule is c1ccc(-n2nc(CC3CC3)cc2NCc2ncc[nH]2)cc1. The molecule has 0 radical (unpaired) electrons. The van der Waals surface area contributed by atoms with Crippen molar-refractivity contribution < 1.29 is 0 Å². The highest BCUT2D eigenvalue weighted by molar-refractivity contribution is 5.46. The molecule has 4 rings (SSSR count). The Hall–Kier alpha value is -2.56. The first kappa shape index (κ1) is 13.1. The first-order valence-corrected chi connectivity index (χ1v) is 7.75. The lowest BCUT2D eigenvalue weighted by molar-refractivity contribution is 0.765. The first-order chi connectivity index (χ1) is 10.9. The van der Waals surface area contributed by atoms with Crippen LogP contribution in [-0.4, -0.2) is 19.7 Å². The van der Waals surface area contributed by atoms with E-state index in [1.54, 1.807) is 6.20 Å². The smallest absolute Gasteiger partial charge is 0.130 e. The molecule has 0 aliphatic heterocycles. The molecule has 2 N–H and O–H groups in total. The van der Waals surface area contributed by atoms with Gasteiger partial charge in [-0.1, -0.05) is 18.2 Å². The van der Waals surface area contributed by atoms with Crippen LogP contribution in [0.5, 0.6) is 0 Å². The fraction of sp³-hybridized carbons (Fsp3) is 0.294. The van der Waals surface area contributed by atoms with E-state index in [1.807, 2.05) is 29.1 Å². The van der Waals surface area contributed by atoms with Crippen LogP contribution < -0.4 is 5.32 Å². The summed E-state index contributed by atoms with van der Waals surface area (Å²) in [4.78, 5) is 7.36. The molecule has 1 aliphatic rings. The molecule has 5 nitrogen and oxygen atoms in total. The summed E-state index contributed by atoms with van der Waals surface area (Å²) < 4.78 is 1.99. The fourth-order valence-electron chi connectivity index (χ4n) is 2.61. The van der Waals surface area contributed by atoms with Gasteiger partial charge in [0.05, 0.1) is 17.9 Å². The van der Waals surface area contributed by atoms with E-state index in [1.165, 1.54) is 12.8 Å². The molecule has 112 valence electrons. The molecule has 1 aliphatic carbocycles. The Morgan fingerprint density at radius 1 is 1.23 bits per heavy atom. The summed E-state index contributed by atoms with van der Waals surface area (Å²) in [5.41, 5.74) is 2.24. The number of nitrogens with one attached hydrogen (secondary N) is 2. The monoisotopic (exact) mass is 293 g/mol. The Morgan fingerprint density at radius 3 is 2.82 bits per heavy atom. The van der Waals surface area contributed by atoms with Crippen LogP contribution in [-0.2, 0) is 13.0 Å². The van der Waals surface area contributed by atoms with Gasteiger partial charge >= 0.3 is 0 Å². The molecule has 1 fully saturated rings. The number of anilines is 1. The summed E-state index contributed by atoms with van der Waals surface area (Å²) in [5, 5.41) is 8.22. The van der Waals surface area contributed by atoms with Crippen LogP contribution in [0.15, 0.2) is 48.8 Å². The third-order valence-electron chi connectivity index (χ3n) is 3.95. The molecule has 1 saturated carbocycles. The van der Waals surface area contributed by atoms with Crippen LogP contribution in [0.25, 0.3) is 5.69 Å². The number of benzene rings is 1. The molecule has 0 spiro atoms. The van der Waals surface area contributed by atoms with E-state index < -0.39 is 0 Å². The number of hydrogen-bond acceptors (Lipinski definition) is 3. The number of imidazole rings is 1. The zero-order valence-electron chi connectivity index (χ0n) is 12.4. The number of aromatic amines is 1. The highest BCUT2D eigenvalue weighted by Gasteiger charge is 2.23. The van der Waals surface area contributed by atoms with E-state index in [0.29, 0.717) is 6.54 Å². The van der Waals surface area contributed by atoms with Gasteiger partial charge in [0.25, 0.3) is 0 Å². The van der Waals surface area contributed by atoms with Gasteiger partial charge in [-0.3, -0.25) is 0 Å². The van der Waals surface area contributed by atoms with Gasteiger partial charge in [-0.05, 0) is 37.3 Å². The van der Waals surface area contributed by atoms with Gasteiger partial charge in [0.15, 0.2) is 0 Å². The molecule has 0 bridgehead atoms. The zero-order chi connectivity index (χ0) is 14.8. The van der Waals surface area contributed by atoms with E-state index in [-0.39, 0.29) is 0 Å². The largest absolute Gasteiger partial charge is 0.363 e. The molecule has 5 heteroatoms. The predicted octanol–water partition coefficient (Wildman–Crippen LogP) is 3.16. The number of nitrogens with zero attached hydrogens (tertiary/aromatic N) is 3. The first-order valence-electron chi connectivity index (χ1n) is 7.75. The van der Waals surface area contributed by atoms with Crippen LogP contribution >= 0.6 is 0 Å². The molecule has 0 atom stereocenters. The van der Waals surface area contributed by atoms with E-state index in [9.17, 15) is 0 Å². The molecular weight excluding hydrogens is 274 g/mol. The van der Waals surface area contributed by atoms with Gasteiger partial charge in [-0.15, -0.1) is 0 Å². The van der Waals surface area contributed by atoms with Gasteiger partial charge in [0.1, 0.15) is 11.6 Å². The molecule has 0 unspecified atom stereocenters. The Labute approximate surface area is 129 Å². The summed E-state index contributed by atoms with van der Waals surface area (Å²) in [7, 11) is 0. The van der Waals surface area contributed by atoms with Gasteiger partial charge in [0.2, 0.25) is 0 Å². The van der Waals surface area contributed by atoms with Gasteiger partial charge in [-0.25, -0.2) is 9.67 Å². The minimum absolute atomic E-state index is 0.661. The molecule has 0 saturated heterocycles. The van der Waals surface area contributed by atoms with Gasteiger partial charge < -0.3 is 10.3 Å². The third-order valence-corrected chi connectivity index (χ3v) is 3.95. The second kappa shape index (κ2) is 5.67. The van der Waals surface area contributed by atoms with Crippen LogP contribution in [0.1, 0.15) is 24.4 Å². The van der Waals surface area contributed by atoms with Crippen molar-refractivity contribution in [1.29, 1.82) is 0 Å². The highest BCUT2D eigenvalue weighted by atomic mass is 15.3. The molecule has 3 aromatic rings. The number of para-hydroxylation sites is 1. The van der Waals surface area contributed by atoms with Crippen molar-refractivity contribution in [3.8, 4) is 5.69 Å². The van der Waals surface area contributed by atoms with E-state index in [2.05, 4.69) is 33.5 Å². The van der Waals surface area contributed by atoms with Crippen molar-refractivity contribution in [2.45, 2.75) is 25.8 Å². The van der Waals surface area contributed by atoms with E-state index in [0.717, 1.165) is 35.4 Å². The maximum absolute atomic E-state index is 4.78. The van der Waals surface area contributed by atoms with Crippen molar-refractivity contribution in [2.75, 3.05) is 5.32 Å². The predicted molar refractivity (Wildman–Crippen MR) is 85.9 cm³/mol. The third kappa shape index (κ3) is 2.88. The van der Waals surface area contributed by atoms with Gasteiger partial charge in [-0.2, -0.15) is 5.10 Å². The van der Waals surface area contributed by atoms with Crippen molar-refractivity contribution in [3.05, 3.63) is 60.3 Å². The molecule has 22 heavy (non-hydrogen) atoms. The molecule has 1 aromatic carbocycles. The van der Waals surface area contributed by atoms with Crippen molar-refractivity contribution >= 4 is 5.82 Å². The molecular formula is C17H19N5. The Kier molecular flexibility index (Phi) is 3.39. The normalized spacial score (nSPS) is 14.2. The van der Waals surface area contributed by atoms with Crippen LogP contribution in [0.2, 0.25) is 0 Å². The number of hydrogen-bond donors (Lipinski definition) is 2.